The number of H-pyrrole nitrogens is 1. The maximum Gasteiger partial charge on any atom is 0.180 e. The summed E-state index contributed by atoms with van der Waals surface area (Å²) in [6.45, 7) is 1.26. The number of pyridine rings is 1. The Labute approximate surface area is 172 Å². The summed E-state index contributed by atoms with van der Waals surface area (Å²) in [5.74, 6) is 1.71. The fourth-order valence-electron chi connectivity index (χ4n) is 3.98. The average Bonchev–Trinajstić information content (AvgIpc) is 3.41. The van der Waals surface area contributed by atoms with Gasteiger partial charge in [-0.3, -0.25) is 5.10 Å². The highest BCUT2D eigenvalue weighted by molar-refractivity contribution is 5.70. The predicted octanol–water partition coefficient (Wildman–Crippen LogP) is 2.12. The van der Waals surface area contributed by atoms with Gasteiger partial charge in [-0.25, -0.2) is 15.0 Å². The molecule has 5 heterocycles. The lowest BCUT2D eigenvalue weighted by Gasteiger charge is -2.36. The van der Waals surface area contributed by atoms with Gasteiger partial charge >= 0.3 is 0 Å². The number of imidazole rings is 1. The number of anilines is 3. The van der Waals surface area contributed by atoms with E-state index in [-0.39, 0.29) is 12.0 Å². The molecule has 0 radical (unpaired) electrons. The summed E-state index contributed by atoms with van der Waals surface area (Å²) in [5.41, 5.74) is 4.81. The van der Waals surface area contributed by atoms with Gasteiger partial charge in [-0.2, -0.15) is 5.10 Å². The molecule has 1 saturated heterocycles. The molecule has 0 bridgehead atoms. The van der Waals surface area contributed by atoms with Crippen molar-refractivity contribution in [3.63, 3.8) is 0 Å². The number of hydrogen-bond donors (Lipinski definition) is 3. The zero-order valence-corrected chi connectivity index (χ0v) is 16.1. The van der Waals surface area contributed by atoms with Crippen LogP contribution in [0.2, 0.25) is 0 Å². The Morgan fingerprint density at radius 1 is 1.17 bits per heavy atom. The summed E-state index contributed by atoms with van der Waals surface area (Å²) in [4.78, 5) is 15.9. The first-order valence-corrected chi connectivity index (χ1v) is 9.93. The molecule has 1 unspecified atom stereocenters. The second-order valence-corrected chi connectivity index (χ2v) is 7.74. The fraction of sp³-hybridized carbons (Fsp3) is 0.238. The Kier molecular flexibility index (Phi) is 3.81. The normalized spacial score (nSPS) is 18.4. The number of nitrogens with zero attached hydrogens (tertiary/aromatic N) is 6. The lowest BCUT2D eigenvalue weighted by molar-refractivity contribution is 0.141. The van der Waals surface area contributed by atoms with Crippen LogP contribution >= 0.6 is 0 Å². The van der Waals surface area contributed by atoms with Crippen molar-refractivity contribution in [3.05, 3.63) is 66.1 Å². The van der Waals surface area contributed by atoms with Gasteiger partial charge in [0, 0.05) is 55.3 Å². The van der Waals surface area contributed by atoms with E-state index in [1.54, 1.807) is 12.4 Å². The van der Waals surface area contributed by atoms with Gasteiger partial charge in [0.25, 0.3) is 0 Å². The van der Waals surface area contributed by atoms with E-state index in [2.05, 4.69) is 37.6 Å². The molecule has 2 aliphatic rings. The van der Waals surface area contributed by atoms with E-state index in [1.165, 1.54) is 0 Å². The van der Waals surface area contributed by atoms with Crippen LogP contribution in [0.25, 0.3) is 11.7 Å². The second-order valence-electron chi connectivity index (χ2n) is 7.74. The molecular weight excluding hydrogens is 380 g/mol. The molecule has 0 aromatic carbocycles. The summed E-state index contributed by atoms with van der Waals surface area (Å²) >= 11 is 0. The molecule has 9 heteroatoms. The zero-order valence-electron chi connectivity index (χ0n) is 16.1. The number of aromatic amines is 1. The largest absolute Gasteiger partial charge is 0.389 e. The monoisotopic (exact) mass is 400 g/mol. The van der Waals surface area contributed by atoms with E-state index in [1.807, 2.05) is 40.0 Å². The van der Waals surface area contributed by atoms with Crippen molar-refractivity contribution in [2.45, 2.75) is 18.4 Å². The van der Waals surface area contributed by atoms with Gasteiger partial charge in [0.15, 0.2) is 11.5 Å². The van der Waals surface area contributed by atoms with E-state index in [4.69, 9.17) is 4.98 Å². The number of aromatic nitrogens is 6. The fourth-order valence-corrected chi connectivity index (χ4v) is 3.98. The molecule has 0 saturated carbocycles. The van der Waals surface area contributed by atoms with Crippen LogP contribution in [0.5, 0.6) is 0 Å². The Hall–Kier alpha value is -3.72. The molecule has 1 atom stereocenters. The van der Waals surface area contributed by atoms with Crippen LogP contribution in [-0.2, 0) is 6.42 Å². The number of aliphatic hydroxyl groups is 1. The molecule has 0 amide bonds. The van der Waals surface area contributed by atoms with Crippen molar-refractivity contribution in [2.24, 2.45) is 0 Å². The Bertz CT molecular complexity index is 1240. The van der Waals surface area contributed by atoms with Crippen molar-refractivity contribution in [1.82, 2.24) is 29.5 Å². The third-order valence-electron chi connectivity index (χ3n) is 5.65. The van der Waals surface area contributed by atoms with Crippen LogP contribution in [0.15, 0.2) is 49.2 Å². The van der Waals surface area contributed by atoms with Crippen LogP contribution in [-0.4, -0.2) is 53.9 Å². The van der Waals surface area contributed by atoms with Crippen molar-refractivity contribution < 1.29 is 5.11 Å². The minimum atomic E-state index is -0.253. The van der Waals surface area contributed by atoms with Crippen LogP contribution in [0.3, 0.4) is 0 Å². The molecule has 4 aromatic heterocycles. The van der Waals surface area contributed by atoms with E-state index in [0.717, 1.165) is 40.5 Å². The lowest BCUT2D eigenvalue weighted by atomic mass is 9.92. The molecule has 1 aliphatic carbocycles. The van der Waals surface area contributed by atoms with Crippen LogP contribution < -0.4 is 10.2 Å². The summed E-state index contributed by atoms with van der Waals surface area (Å²) in [7, 11) is 0. The Morgan fingerprint density at radius 3 is 2.93 bits per heavy atom. The molecule has 3 N–H and O–H groups in total. The summed E-state index contributed by atoms with van der Waals surface area (Å²) in [6, 6.07) is 3.92. The third kappa shape index (κ3) is 2.91. The molecule has 1 fully saturated rings. The quantitative estimate of drug-likeness (QED) is 0.482. The first kappa shape index (κ1) is 17.2. The molecule has 30 heavy (non-hydrogen) atoms. The maximum atomic E-state index is 9.48. The number of aliphatic hydroxyl groups excluding tert-OH is 1. The van der Waals surface area contributed by atoms with Gasteiger partial charge in [-0.1, -0.05) is 12.2 Å². The zero-order chi connectivity index (χ0) is 20.1. The predicted molar refractivity (Wildman–Crippen MR) is 113 cm³/mol. The van der Waals surface area contributed by atoms with Crippen LogP contribution in [0.1, 0.15) is 22.9 Å². The summed E-state index contributed by atoms with van der Waals surface area (Å²) in [5, 5.41) is 20.1. The molecule has 6 rings (SSSR count). The van der Waals surface area contributed by atoms with Gasteiger partial charge < -0.3 is 19.7 Å². The van der Waals surface area contributed by atoms with Gasteiger partial charge in [0.2, 0.25) is 0 Å². The number of hydrogen-bond acceptors (Lipinski definition) is 7. The topological polar surface area (TPSA) is 107 Å². The highest BCUT2D eigenvalue weighted by atomic mass is 16.3. The summed E-state index contributed by atoms with van der Waals surface area (Å²) in [6.07, 6.45) is 14.2. The SMILES string of the molecule is OC1CN(c2ccc(Nc3nc(C4C=Cc5cn[nH]c5C4)cn4ccnc34)cn2)C1. The van der Waals surface area contributed by atoms with Gasteiger partial charge in [0.1, 0.15) is 5.82 Å². The maximum absolute atomic E-state index is 9.48. The third-order valence-corrected chi connectivity index (χ3v) is 5.65. The Balaban J connectivity index is 1.29. The van der Waals surface area contributed by atoms with Crippen molar-refractivity contribution in [2.75, 3.05) is 23.3 Å². The second kappa shape index (κ2) is 6.67. The molecule has 150 valence electrons. The van der Waals surface area contributed by atoms with Crippen molar-refractivity contribution in [3.8, 4) is 0 Å². The Morgan fingerprint density at radius 2 is 2.10 bits per heavy atom. The van der Waals surface area contributed by atoms with Crippen LogP contribution in [0, 0.1) is 0 Å². The van der Waals surface area contributed by atoms with Crippen molar-refractivity contribution >= 4 is 29.0 Å². The first-order chi connectivity index (χ1) is 14.7. The minimum absolute atomic E-state index is 0.156. The van der Waals surface area contributed by atoms with E-state index < -0.39 is 0 Å². The average molecular weight is 400 g/mol. The number of nitrogens with one attached hydrogen (secondary N) is 2. The van der Waals surface area contributed by atoms with Crippen LogP contribution in [0.4, 0.5) is 17.3 Å². The molecule has 9 nitrogen and oxygen atoms in total. The highest BCUT2D eigenvalue weighted by Crippen LogP contribution is 2.30. The molecule has 4 aromatic rings. The number of fused-ring (bicyclic) bond motifs is 2. The first-order valence-electron chi connectivity index (χ1n) is 9.93. The summed E-state index contributed by atoms with van der Waals surface area (Å²) < 4.78 is 1.99. The molecule has 0 spiro atoms. The van der Waals surface area contributed by atoms with Gasteiger partial charge in [-0.05, 0) is 12.1 Å². The van der Waals surface area contributed by atoms with Crippen molar-refractivity contribution in [1.29, 1.82) is 0 Å². The molecule has 1 aliphatic heterocycles. The van der Waals surface area contributed by atoms with E-state index in [0.29, 0.717) is 18.9 Å². The number of rotatable bonds is 4. The number of β-amino-alcohol motifs (C(OH)–C–C–N with tert-alkyl or cyclic N) is 1. The van der Waals surface area contributed by atoms with Gasteiger partial charge in [-0.15, -0.1) is 0 Å². The van der Waals surface area contributed by atoms with E-state index in [9.17, 15) is 5.11 Å². The van der Waals surface area contributed by atoms with E-state index >= 15 is 0 Å². The smallest absolute Gasteiger partial charge is 0.180 e. The minimum Gasteiger partial charge on any atom is -0.389 e. The standard InChI is InChI=1S/C21H20N8O/c30-16-10-29(11-16)19-4-3-15(9-23-19)25-20-21-22-5-6-28(21)12-18(26-20)13-1-2-14-8-24-27-17(14)7-13/h1-6,8-9,12-13,16,30H,7,10-11H2,(H,24,27)(H,25,26). The number of allylic oxidation sites excluding steroid dienone is 1. The highest BCUT2D eigenvalue weighted by Gasteiger charge is 2.25. The van der Waals surface area contributed by atoms with Gasteiger partial charge in [0.05, 0.1) is 29.9 Å². The lowest BCUT2D eigenvalue weighted by Crippen LogP contribution is -2.51. The molecular formula is C21H20N8O.